The third-order valence-electron chi connectivity index (χ3n) is 2.65. The van der Waals surface area contributed by atoms with Crippen molar-refractivity contribution in [2.24, 2.45) is 0 Å². The Bertz CT molecular complexity index is 462. The van der Waals surface area contributed by atoms with Gasteiger partial charge in [-0.2, -0.15) is 0 Å². The molecule has 0 bridgehead atoms. The van der Waals surface area contributed by atoms with Crippen LogP contribution in [0.25, 0.3) is 11.1 Å². The van der Waals surface area contributed by atoms with E-state index in [2.05, 4.69) is 44.8 Å². The Labute approximate surface area is 90.3 Å². The summed E-state index contributed by atoms with van der Waals surface area (Å²) >= 11 is 0. The molecule has 2 rings (SSSR count). The lowest BCUT2D eigenvalue weighted by Gasteiger charge is -2.02. The van der Waals surface area contributed by atoms with E-state index >= 15 is 0 Å². The van der Waals surface area contributed by atoms with Gasteiger partial charge in [-0.3, -0.25) is 0 Å². The molecule has 0 aromatic carbocycles. The summed E-state index contributed by atoms with van der Waals surface area (Å²) in [5, 5.41) is 1.12. The molecule has 0 amide bonds. The van der Waals surface area contributed by atoms with Crippen molar-refractivity contribution < 1.29 is 4.42 Å². The molecule has 2 nitrogen and oxygen atoms in total. The lowest BCUT2D eigenvalue weighted by Crippen LogP contribution is -1.87. The summed E-state index contributed by atoms with van der Waals surface area (Å²) in [6, 6.07) is 4.27. The van der Waals surface area contributed by atoms with E-state index in [-0.39, 0.29) is 0 Å². The maximum Gasteiger partial charge on any atom is 0.226 e. The maximum absolute atomic E-state index is 5.65. The SMILES string of the molecule is CC(C)c1cnc2oc(C(C)C)cc2c1. The van der Waals surface area contributed by atoms with E-state index in [0.29, 0.717) is 11.8 Å². The minimum atomic E-state index is 0.418. The van der Waals surface area contributed by atoms with Crippen LogP contribution in [0.4, 0.5) is 0 Å². The third-order valence-corrected chi connectivity index (χ3v) is 2.65. The molecule has 0 N–H and O–H groups in total. The Balaban J connectivity index is 2.52. The molecule has 2 aromatic heterocycles. The summed E-state index contributed by atoms with van der Waals surface area (Å²) in [6.07, 6.45) is 1.90. The van der Waals surface area contributed by atoms with Crippen molar-refractivity contribution in [1.29, 1.82) is 0 Å². The van der Waals surface area contributed by atoms with E-state index in [1.54, 1.807) is 0 Å². The lowest BCUT2D eigenvalue weighted by atomic mass is 10.0. The Hall–Kier alpha value is -1.31. The van der Waals surface area contributed by atoms with Crippen molar-refractivity contribution in [1.82, 2.24) is 4.98 Å². The van der Waals surface area contributed by atoms with Crippen molar-refractivity contribution in [3.8, 4) is 0 Å². The second kappa shape index (κ2) is 3.69. The quantitative estimate of drug-likeness (QED) is 0.735. The van der Waals surface area contributed by atoms with Crippen molar-refractivity contribution in [2.45, 2.75) is 39.5 Å². The van der Waals surface area contributed by atoms with Gasteiger partial charge in [0.15, 0.2) is 0 Å². The Morgan fingerprint density at radius 1 is 1.07 bits per heavy atom. The van der Waals surface area contributed by atoms with Crippen molar-refractivity contribution in [2.75, 3.05) is 0 Å². The Kier molecular flexibility index (Phi) is 2.51. The van der Waals surface area contributed by atoms with Gasteiger partial charge in [-0.25, -0.2) is 4.98 Å². The van der Waals surface area contributed by atoms with Gasteiger partial charge in [0, 0.05) is 17.5 Å². The zero-order chi connectivity index (χ0) is 11.0. The molecule has 0 saturated heterocycles. The normalized spacial score (nSPS) is 11.9. The first-order valence-electron chi connectivity index (χ1n) is 5.47. The number of hydrogen-bond acceptors (Lipinski definition) is 2. The number of rotatable bonds is 2. The van der Waals surface area contributed by atoms with Crippen LogP contribution >= 0.6 is 0 Å². The van der Waals surface area contributed by atoms with Gasteiger partial charge in [-0.05, 0) is 23.6 Å². The molecular weight excluding hydrogens is 186 g/mol. The molecule has 2 aromatic rings. The Morgan fingerprint density at radius 3 is 2.40 bits per heavy atom. The van der Waals surface area contributed by atoms with Crippen molar-refractivity contribution >= 4 is 11.1 Å². The minimum absolute atomic E-state index is 0.418. The fourth-order valence-electron chi connectivity index (χ4n) is 1.57. The molecule has 0 radical (unpaired) electrons. The summed E-state index contributed by atoms with van der Waals surface area (Å²) < 4.78 is 5.65. The first kappa shape index (κ1) is 10.2. The predicted octanol–water partition coefficient (Wildman–Crippen LogP) is 4.07. The number of furan rings is 1. The average molecular weight is 203 g/mol. The van der Waals surface area contributed by atoms with Gasteiger partial charge in [-0.15, -0.1) is 0 Å². The van der Waals surface area contributed by atoms with Gasteiger partial charge in [0.1, 0.15) is 5.76 Å². The molecule has 2 heterocycles. The fraction of sp³-hybridized carbons (Fsp3) is 0.462. The summed E-state index contributed by atoms with van der Waals surface area (Å²) in [7, 11) is 0. The van der Waals surface area contributed by atoms with Crippen LogP contribution in [-0.2, 0) is 0 Å². The van der Waals surface area contributed by atoms with Crippen LogP contribution in [0.5, 0.6) is 0 Å². The van der Waals surface area contributed by atoms with Crippen LogP contribution in [0.2, 0.25) is 0 Å². The summed E-state index contributed by atoms with van der Waals surface area (Å²) in [5.41, 5.74) is 2.02. The van der Waals surface area contributed by atoms with Gasteiger partial charge >= 0.3 is 0 Å². The zero-order valence-electron chi connectivity index (χ0n) is 9.74. The standard InChI is InChI=1S/C13H17NO/c1-8(2)11-5-10-6-12(9(3)4)15-13(10)14-7-11/h5-9H,1-4H3. The molecule has 0 aliphatic rings. The zero-order valence-corrected chi connectivity index (χ0v) is 9.74. The molecule has 0 aliphatic carbocycles. The van der Waals surface area contributed by atoms with E-state index in [1.165, 1.54) is 5.56 Å². The molecule has 0 atom stereocenters. The van der Waals surface area contributed by atoms with Gasteiger partial charge in [-0.1, -0.05) is 27.7 Å². The van der Waals surface area contributed by atoms with Gasteiger partial charge < -0.3 is 4.42 Å². The highest BCUT2D eigenvalue weighted by Gasteiger charge is 2.09. The topological polar surface area (TPSA) is 26.0 Å². The summed E-state index contributed by atoms with van der Waals surface area (Å²) in [5.74, 6) is 1.94. The smallest absolute Gasteiger partial charge is 0.226 e. The number of aromatic nitrogens is 1. The van der Waals surface area contributed by atoms with Crippen LogP contribution in [0, 0.1) is 0 Å². The van der Waals surface area contributed by atoms with Gasteiger partial charge in [0.05, 0.1) is 0 Å². The summed E-state index contributed by atoms with van der Waals surface area (Å²) in [6.45, 7) is 8.60. The van der Waals surface area contributed by atoms with Crippen LogP contribution < -0.4 is 0 Å². The molecule has 0 unspecified atom stereocenters. The molecular formula is C13H17NO. The fourth-order valence-corrected chi connectivity index (χ4v) is 1.57. The van der Waals surface area contributed by atoms with Gasteiger partial charge in [0.25, 0.3) is 0 Å². The van der Waals surface area contributed by atoms with Crippen LogP contribution in [-0.4, -0.2) is 4.98 Å². The largest absolute Gasteiger partial charge is 0.443 e. The highest BCUT2D eigenvalue weighted by atomic mass is 16.3. The predicted molar refractivity (Wildman–Crippen MR) is 62.2 cm³/mol. The lowest BCUT2D eigenvalue weighted by molar-refractivity contribution is 0.513. The van der Waals surface area contributed by atoms with E-state index in [1.807, 2.05) is 6.20 Å². The molecule has 0 aliphatic heterocycles. The molecule has 80 valence electrons. The van der Waals surface area contributed by atoms with Crippen molar-refractivity contribution in [3.63, 3.8) is 0 Å². The number of pyridine rings is 1. The first-order chi connectivity index (χ1) is 7.08. The number of nitrogens with zero attached hydrogens (tertiary/aromatic N) is 1. The van der Waals surface area contributed by atoms with Crippen LogP contribution in [0.15, 0.2) is 22.7 Å². The van der Waals surface area contributed by atoms with E-state index in [0.717, 1.165) is 16.9 Å². The van der Waals surface area contributed by atoms with Gasteiger partial charge in [0.2, 0.25) is 5.71 Å². The maximum atomic E-state index is 5.65. The second-order valence-corrected chi connectivity index (χ2v) is 4.62. The second-order valence-electron chi connectivity index (χ2n) is 4.62. The van der Waals surface area contributed by atoms with E-state index < -0.39 is 0 Å². The first-order valence-corrected chi connectivity index (χ1v) is 5.47. The third kappa shape index (κ3) is 1.89. The molecule has 2 heteroatoms. The monoisotopic (exact) mass is 203 g/mol. The summed E-state index contributed by atoms with van der Waals surface area (Å²) in [4.78, 5) is 4.34. The highest BCUT2D eigenvalue weighted by molar-refractivity contribution is 5.74. The minimum Gasteiger partial charge on any atom is -0.443 e. The molecule has 0 spiro atoms. The highest BCUT2D eigenvalue weighted by Crippen LogP contribution is 2.25. The molecule has 0 fully saturated rings. The average Bonchev–Trinajstić information content (AvgIpc) is 2.59. The van der Waals surface area contributed by atoms with E-state index in [9.17, 15) is 0 Å². The van der Waals surface area contributed by atoms with E-state index in [4.69, 9.17) is 4.42 Å². The molecule has 0 saturated carbocycles. The molecule has 15 heavy (non-hydrogen) atoms. The van der Waals surface area contributed by atoms with Crippen LogP contribution in [0.3, 0.4) is 0 Å². The van der Waals surface area contributed by atoms with Crippen molar-refractivity contribution in [3.05, 3.63) is 29.7 Å². The van der Waals surface area contributed by atoms with Crippen LogP contribution in [0.1, 0.15) is 50.9 Å². The Morgan fingerprint density at radius 2 is 1.80 bits per heavy atom. The number of hydrogen-bond donors (Lipinski definition) is 0. The number of fused-ring (bicyclic) bond motifs is 1.